The number of ether oxygens (including phenoxy) is 1. The highest BCUT2D eigenvalue weighted by Crippen LogP contribution is 2.23. The topological polar surface area (TPSA) is 26.3 Å². The predicted molar refractivity (Wildman–Crippen MR) is 115 cm³/mol. The molecule has 0 amide bonds. The van der Waals surface area contributed by atoms with Crippen LogP contribution >= 0.6 is 11.6 Å². The Morgan fingerprint density at radius 3 is 1.74 bits per heavy atom. The van der Waals surface area contributed by atoms with E-state index in [4.69, 9.17) is 16.3 Å². The smallest absolute Gasteiger partial charge is 0.252 e. The van der Waals surface area contributed by atoms with E-state index in [1.54, 1.807) is 12.1 Å². The molecule has 0 fully saturated rings. The van der Waals surface area contributed by atoms with E-state index in [1.807, 2.05) is 36.4 Å². The van der Waals surface area contributed by atoms with Gasteiger partial charge < -0.3 is 4.74 Å². The summed E-state index contributed by atoms with van der Waals surface area (Å²) in [5, 5.41) is -0.429. The fourth-order valence-electron chi connectivity index (χ4n) is 3.14. The molecule has 3 heteroatoms. The summed E-state index contributed by atoms with van der Waals surface area (Å²) in [6.45, 7) is 3.04. The molecule has 0 aliphatic rings. The molecule has 0 saturated carbocycles. The summed E-state index contributed by atoms with van der Waals surface area (Å²) >= 11 is 5.48. The predicted octanol–water partition coefficient (Wildman–Crippen LogP) is 7.64. The molecule has 0 atom stereocenters. The summed E-state index contributed by atoms with van der Waals surface area (Å²) in [6, 6.07) is 15.4. The van der Waals surface area contributed by atoms with Gasteiger partial charge in [0.1, 0.15) is 5.75 Å². The number of hydrogen-bond acceptors (Lipinski definition) is 2. The average molecular weight is 387 g/mol. The van der Waals surface area contributed by atoms with Gasteiger partial charge in [-0.1, -0.05) is 82.6 Å². The zero-order valence-corrected chi connectivity index (χ0v) is 17.1. The highest BCUT2D eigenvalue weighted by atomic mass is 35.5. The quantitative estimate of drug-likeness (QED) is 0.261. The Bertz CT molecular complexity index is 662. The lowest BCUT2D eigenvalue weighted by Gasteiger charge is -2.08. The minimum absolute atomic E-state index is 0.429. The van der Waals surface area contributed by atoms with E-state index in [9.17, 15) is 4.79 Å². The standard InChI is InChI=1S/C24H31ClO2/c1-2-3-4-5-6-7-8-9-10-19-27-23-17-15-21(16-18-23)20-11-13-22(14-12-20)24(25)26/h11-18H,2-10,19H2,1H3. The summed E-state index contributed by atoms with van der Waals surface area (Å²) in [7, 11) is 0. The van der Waals surface area contributed by atoms with Gasteiger partial charge in [0.15, 0.2) is 0 Å². The van der Waals surface area contributed by atoms with Gasteiger partial charge in [0.2, 0.25) is 0 Å². The molecule has 2 aromatic rings. The molecule has 0 bridgehead atoms. The number of carbonyl (C=O) groups excluding carboxylic acids is 1. The van der Waals surface area contributed by atoms with Crippen LogP contribution in [-0.2, 0) is 0 Å². The van der Waals surface area contributed by atoms with Crippen LogP contribution in [0.15, 0.2) is 48.5 Å². The van der Waals surface area contributed by atoms with Gasteiger partial charge in [-0.05, 0) is 53.4 Å². The van der Waals surface area contributed by atoms with Crippen molar-refractivity contribution in [1.29, 1.82) is 0 Å². The molecule has 0 N–H and O–H groups in total. The zero-order chi connectivity index (χ0) is 19.3. The highest BCUT2D eigenvalue weighted by molar-refractivity contribution is 6.67. The normalized spacial score (nSPS) is 10.7. The second-order valence-electron chi connectivity index (χ2n) is 7.05. The SMILES string of the molecule is CCCCCCCCCCCOc1ccc(-c2ccc(C(=O)Cl)cc2)cc1. The number of unbranched alkanes of at least 4 members (excludes halogenated alkanes) is 8. The van der Waals surface area contributed by atoms with E-state index < -0.39 is 5.24 Å². The van der Waals surface area contributed by atoms with Crippen LogP contribution < -0.4 is 4.74 Å². The molecule has 2 aromatic carbocycles. The highest BCUT2D eigenvalue weighted by Gasteiger charge is 2.03. The summed E-state index contributed by atoms with van der Waals surface area (Å²) in [6.07, 6.45) is 11.9. The van der Waals surface area contributed by atoms with Gasteiger partial charge in [-0.15, -0.1) is 0 Å². The summed E-state index contributed by atoms with van der Waals surface area (Å²) in [5.74, 6) is 0.908. The fraction of sp³-hybridized carbons (Fsp3) is 0.458. The molecule has 2 rings (SSSR count). The van der Waals surface area contributed by atoms with Crippen molar-refractivity contribution < 1.29 is 9.53 Å². The van der Waals surface area contributed by atoms with Crippen LogP contribution in [0.25, 0.3) is 11.1 Å². The molecule has 0 radical (unpaired) electrons. The van der Waals surface area contributed by atoms with Crippen LogP contribution in [0.2, 0.25) is 0 Å². The van der Waals surface area contributed by atoms with Gasteiger partial charge in [-0.2, -0.15) is 0 Å². The maximum absolute atomic E-state index is 11.1. The first-order valence-corrected chi connectivity index (χ1v) is 10.6. The van der Waals surface area contributed by atoms with Crippen molar-refractivity contribution in [2.75, 3.05) is 6.61 Å². The molecule has 0 spiro atoms. The van der Waals surface area contributed by atoms with Crippen molar-refractivity contribution in [2.45, 2.75) is 64.7 Å². The van der Waals surface area contributed by atoms with Crippen molar-refractivity contribution in [3.8, 4) is 16.9 Å². The first-order valence-electron chi connectivity index (χ1n) is 10.2. The molecule has 0 heterocycles. The Kier molecular flexibility index (Phi) is 10.0. The van der Waals surface area contributed by atoms with Gasteiger partial charge in [0, 0.05) is 5.56 Å². The monoisotopic (exact) mass is 386 g/mol. The number of hydrogen-bond donors (Lipinski definition) is 0. The molecule has 27 heavy (non-hydrogen) atoms. The van der Waals surface area contributed by atoms with Crippen LogP contribution in [0, 0.1) is 0 Å². The first-order chi connectivity index (χ1) is 13.2. The molecule has 2 nitrogen and oxygen atoms in total. The second kappa shape index (κ2) is 12.6. The van der Waals surface area contributed by atoms with E-state index in [1.165, 1.54) is 51.4 Å². The number of halogens is 1. The first kappa shape index (κ1) is 21.5. The Hall–Kier alpha value is -1.80. The largest absolute Gasteiger partial charge is 0.494 e. The van der Waals surface area contributed by atoms with Crippen molar-refractivity contribution in [1.82, 2.24) is 0 Å². The fourth-order valence-corrected chi connectivity index (χ4v) is 3.27. The molecule has 0 aliphatic carbocycles. The van der Waals surface area contributed by atoms with Crippen LogP contribution in [-0.4, -0.2) is 11.8 Å². The Balaban J connectivity index is 1.63. The zero-order valence-electron chi connectivity index (χ0n) is 16.4. The van der Waals surface area contributed by atoms with E-state index in [-0.39, 0.29) is 0 Å². The van der Waals surface area contributed by atoms with Crippen LogP contribution in [0.3, 0.4) is 0 Å². The third kappa shape index (κ3) is 8.17. The third-order valence-electron chi connectivity index (χ3n) is 4.82. The molecule has 0 aliphatic heterocycles. The minimum atomic E-state index is -0.429. The maximum atomic E-state index is 11.1. The lowest BCUT2D eigenvalue weighted by Crippen LogP contribution is -1.97. The Morgan fingerprint density at radius 2 is 1.22 bits per heavy atom. The van der Waals surface area contributed by atoms with Gasteiger partial charge >= 0.3 is 0 Å². The van der Waals surface area contributed by atoms with Crippen LogP contribution in [0.4, 0.5) is 0 Å². The van der Waals surface area contributed by atoms with Crippen molar-refractivity contribution in [2.24, 2.45) is 0 Å². The summed E-state index contributed by atoms with van der Waals surface area (Å²) < 4.78 is 5.84. The van der Waals surface area contributed by atoms with E-state index in [0.717, 1.165) is 29.9 Å². The Morgan fingerprint density at radius 1 is 0.741 bits per heavy atom. The average Bonchev–Trinajstić information content (AvgIpc) is 2.70. The maximum Gasteiger partial charge on any atom is 0.252 e. The Labute approximate surface area is 168 Å². The van der Waals surface area contributed by atoms with Gasteiger partial charge in [0.25, 0.3) is 5.24 Å². The van der Waals surface area contributed by atoms with E-state index in [2.05, 4.69) is 6.92 Å². The molecule has 146 valence electrons. The third-order valence-corrected chi connectivity index (χ3v) is 5.03. The van der Waals surface area contributed by atoms with Gasteiger partial charge in [-0.25, -0.2) is 0 Å². The van der Waals surface area contributed by atoms with Crippen LogP contribution in [0.5, 0.6) is 5.75 Å². The molecule has 0 aromatic heterocycles. The number of benzene rings is 2. The lowest BCUT2D eigenvalue weighted by molar-refractivity contribution is 0.108. The van der Waals surface area contributed by atoms with Crippen LogP contribution in [0.1, 0.15) is 75.1 Å². The molecule has 0 saturated heterocycles. The molecular weight excluding hydrogens is 356 g/mol. The van der Waals surface area contributed by atoms with Gasteiger partial charge in [0.05, 0.1) is 6.61 Å². The summed E-state index contributed by atoms with van der Waals surface area (Å²) in [5.41, 5.74) is 2.67. The lowest BCUT2D eigenvalue weighted by atomic mass is 10.0. The molecule has 0 unspecified atom stereocenters. The van der Waals surface area contributed by atoms with Crippen molar-refractivity contribution in [3.05, 3.63) is 54.1 Å². The number of carbonyl (C=O) groups is 1. The number of rotatable bonds is 13. The molecular formula is C24H31ClO2. The van der Waals surface area contributed by atoms with Crippen molar-refractivity contribution >= 4 is 16.8 Å². The van der Waals surface area contributed by atoms with E-state index in [0.29, 0.717) is 5.56 Å². The van der Waals surface area contributed by atoms with Crippen molar-refractivity contribution in [3.63, 3.8) is 0 Å². The minimum Gasteiger partial charge on any atom is -0.494 e. The second-order valence-corrected chi connectivity index (χ2v) is 7.40. The summed E-state index contributed by atoms with van der Waals surface area (Å²) in [4.78, 5) is 11.1. The van der Waals surface area contributed by atoms with Gasteiger partial charge in [-0.3, -0.25) is 4.79 Å². The van der Waals surface area contributed by atoms with E-state index >= 15 is 0 Å².